The van der Waals surface area contributed by atoms with Crippen molar-refractivity contribution in [3.05, 3.63) is 24.3 Å². The van der Waals surface area contributed by atoms with E-state index >= 15 is 0 Å². The zero-order valence-corrected chi connectivity index (χ0v) is 22.7. The molecule has 0 radical (unpaired) electrons. The summed E-state index contributed by atoms with van der Waals surface area (Å²) in [4.78, 5) is 12.2. The summed E-state index contributed by atoms with van der Waals surface area (Å²) < 4.78 is 5.07. The van der Waals surface area contributed by atoms with Gasteiger partial charge in [0.25, 0.3) is 0 Å². The molecule has 33 heavy (non-hydrogen) atoms. The number of methoxy groups -OCH3 is 1. The van der Waals surface area contributed by atoms with E-state index in [2.05, 4.69) is 54.7 Å². The molecule has 9 unspecified atom stereocenters. The molecule has 9 atom stereocenters. The molecule has 186 valence electrons. The molecule has 0 aromatic heterocycles. The van der Waals surface area contributed by atoms with Crippen molar-refractivity contribution in [1.82, 2.24) is 0 Å². The van der Waals surface area contributed by atoms with Gasteiger partial charge in [-0.15, -0.1) is 0 Å². The number of hydrogen-bond donors (Lipinski definition) is 0. The number of fused-ring (bicyclic) bond motifs is 5. The minimum Gasteiger partial charge on any atom is -0.469 e. The summed E-state index contributed by atoms with van der Waals surface area (Å²) in [7, 11) is 1.52. The topological polar surface area (TPSA) is 26.3 Å². The molecule has 4 saturated carbocycles. The van der Waals surface area contributed by atoms with Crippen LogP contribution in [0, 0.1) is 51.2 Å². The van der Waals surface area contributed by atoms with Gasteiger partial charge in [0, 0.05) is 6.42 Å². The predicted molar refractivity (Wildman–Crippen MR) is 138 cm³/mol. The summed E-state index contributed by atoms with van der Waals surface area (Å²) in [6, 6.07) is 0. The molecule has 0 spiro atoms. The third kappa shape index (κ3) is 3.51. The Morgan fingerprint density at radius 1 is 0.879 bits per heavy atom. The zero-order valence-electron chi connectivity index (χ0n) is 22.7. The SMILES string of the molecule is C=C(C)C1CCC2(C)CCC3(C)C(CCC4C(C)(CCC(=O)OC)C(C(=C)C)CCC43C)C12. The van der Waals surface area contributed by atoms with Crippen LogP contribution in [0.3, 0.4) is 0 Å². The second-order valence-electron chi connectivity index (χ2n) is 13.8. The number of hydrogen-bond acceptors (Lipinski definition) is 2. The molecule has 4 fully saturated rings. The smallest absolute Gasteiger partial charge is 0.305 e. The summed E-state index contributed by atoms with van der Waals surface area (Å²) in [6.07, 6.45) is 12.1. The molecule has 0 bridgehead atoms. The molecule has 0 aromatic carbocycles. The van der Waals surface area contributed by atoms with Crippen molar-refractivity contribution >= 4 is 5.97 Å². The summed E-state index contributed by atoms with van der Waals surface area (Å²) in [5.41, 5.74) is 4.03. The van der Waals surface area contributed by atoms with Gasteiger partial charge in [0.05, 0.1) is 7.11 Å². The van der Waals surface area contributed by atoms with Crippen LogP contribution in [0.2, 0.25) is 0 Å². The van der Waals surface area contributed by atoms with E-state index in [-0.39, 0.29) is 11.4 Å². The van der Waals surface area contributed by atoms with Crippen molar-refractivity contribution in [1.29, 1.82) is 0 Å². The zero-order chi connectivity index (χ0) is 24.4. The Labute approximate surface area is 204 Å². The molecule has 0 amide bonds. The molecule has 0 aliphatic heterocycles. The number of esters is 1. The van der Waals surface area contributed by atoms with E-state index in [0.29, 0.717) is 40.4 Å². The number of allylic oxidation sites excluding steroid dienone is 2. The lowest BCUT2D eigenvalue weighted by molar-refractivity contribution is -0.214. The van der Waals surface area contributed by atoms with Gasteiger partial charge in [-0.3, -0.25) is 4.79 Å². The van der Waals surface area contributed by atoms with Crippen molar-refractivity contribution < 1.29 is 9.53 Å². The minimum atomic E-state index is -0.0625. The van der Waals surface area contributed by atoms with Crippen molar-refractivity contribution in [3.8, 4) is 0 Å². The first-order chi connectivity index (χ1) is 15.3. The van der Waals surface area contributed by atoms with Gasteiger partial charge in [0.1, 0.15) is 0 Å². The van der Waals surface area contributed by atoms with Crippen LogP contribution in [0.25, 0.3) is 0 Å². The van der Waals surface area contributed by atoms with Crippen molar-refractivity contribution in [2.75, 3.05) is 7.11 Å². The quantitative estimate of drug-likeness (QED) is 0.308. The van der Waals surface area contributed by atoms with Gasteiger partial charge in [0.2, 0.25) is 0 Å². The minimum absolute atomic E-state index is 0.0625. The summed E-state index contributed by atoms with van der Waals surface area (Å²) in [5.74, 6) is 3.38. The van der Waals surface area contributed by atoms with Crippen LogP contribution in [0.1, 0.15) is 106 Å². The average Bonchev–Trinajstić information content (AvgIpc) is 3.10. The molecule has 2 heteroatoms. The first-order valence-corrected chi connectivity index (χ1v) is 13.7. The largest absolute Gasteiger partial charge is 0.469 e. The predicted octanol–water partition coefficient (Wildman–Crippen LogP) is 8.37. The lowest BCUT2D eigenvalue weighted by Gasteiger charge is -2.71. The summed E-state index contributed by atoms with van der Waals surface area (Å²) >= 11 is 0. The number of rotatable bonds is 5. The highest BCUT2D eigenvalue weighted by Crippen LogP contribution is 2.76. The summed E-state index contributed by atoms with van der Waals surface area (Å²) in [6.45, 7) is 23.9. The van der Waals surface area contributed by atoms with E-state index in [1.807, 2.05) is 0 Å². The van der Waals surface area contributed by atoms with E-state index in [0.717, 1.165) is 18.3 Å². The lowest BCUT2D eigenvalue weighted by Crippen LogP contribution is -2.63. The Kier molecular flexibility index (Phi) is 6.28. The second kappa shape index (κ2) is 8.27. The van der Waals surface area contributed by atoms with Crippen molar-refractivity contribution in [2.24, 2.45) is 51.2 Å². The maximum atomic E-state index is 12.2. The van der Waals surface area contributed by atoms with Gasteiger partial charge in [-0.1, -0.05) is 52.0 Å². The molecule has 0 N–H and O–H groups in total. The highest BCUT2D eigenvalue weighted by molar-refractivity contribution is 5.69. The first kappa shape index (κ1) is 25.1. The Bertz CT molecular complexity index is 827. The van der Waals surface area contributed by atoms with Crippen LogP contribution in [0.15, 0.2) is 24.3 Å². The number of ether oxygens (including phenoxy) is 1. The first-order valence-electron chi connectivity index (χ1n) is 13.7. The molecule has 4 rings (SSSR count). The van der Waals surface area contributed by atoms with Gasteiger partial charge in [-0.05, 0) is 123 Å². The van der Waals surface area contributed by atoms with Gasteiger partial charge < -0.3 is 4.74 Å². The molecule has 4 aliphatic carbocycles. The molecule has 0 heterocycles. The van der Waals surface area contributed by atoms with Crippen molar-refractivity contribution in [2.45, 2.75) is 106 Å². The Morgan fingerprint density at radius 3 is 2.18 bits per heavy atom. The molecule has 0 saturated heterocycles. The molecule has 0 aromatic rings. The molecular formula is C31H50O2. The van der Waals surface area contributed by atoms with Crippen LogP contribution >= 0.6 is 0 Å². The second-order valence-corrected chi connectivity index (χ2v) is 13.8. The standard InChI is InChI=1S/C31H50O2/c1-20(2)22-12-15-28(5)18-19-30(7)24(27(22)28)10-11-25-29(6,16-14-26(32)33-9)23(21(3)4)13-17-31(25,30)8/h22-25,27H,1,3,10-19H2,2,4-9H3. The lowest BCUT2D eigenvalue weighted by atomic mass is 9.34. The fourth-order valence-electron chi connectivity index (χ4n) is 10.5. The van der Waals surface area contributed by atoms with Crippen LogP contribution in [-0.4, -0.2) is 13.1 Å². The van der Waals surface area contributed by atoms with E-state index in [4.69, 9.17) is 4.74 Å². The van der Waals surface area contributed by atoms with Crippen LogP contribution in [0.5, 0.6) is 0 Å². The van der Waals surface area contributed by atoms with Crippen molar-refractivity contribution in [3.63, 3.8) is 0 Å². The highest BCUT2D eigenvalue weighted by atomic mass is 16.5. The summed E-state index contributed by atoms with van der Waals surface area (Å²) in [5, 5.41) is 0. The van der Waals surface area contributed by atoms with E-state index < -0.39 is 0 Å². The van der Waals surface area contributed by atoms with Crippen LogP contribution < -0.4 is 0 Å². The maximum Gasteiger partial charge on any atom is 0.305 e. The van der Waals surface area contributed by atoms with Gasteiger partial charge in [0.15, 0.2) is 0 Å². The maximum absolute atomic E-state index is 12.2. The van der Waals surface area contributed by atoms with Gasteiger partial charge in [-0.25, -0.2) is 0 Å². The highest BCUT2D eigenvalue weighted by Gasteiger charge is 2.68. The van der Waals surface area contributed by atoms with E-state index in [1.165, 1.54) is 69.6 Å². The fraction of sp³-hybridized carbons (Fsp3) is 0.839. The molecule has 2 nitrogen and oxygen atoms in total. The number of carbonyl (C=O) groups excluding carboxylic acids is 1. The van der Waals surface area contributed by atoms with Gasteiger partial charge >= 0.3 is 5.97 Å². The Morgan fingerprint density at radius 2 is 1.58 bits per heavy atom. The molecule has 4 aliphatic rings. The Hall–Kier alpha value is -1.05. The normalized spacial score (nSPS) is 48.9. The molecular weight excluding hydrogens is 404 g/mol. The van der Waals surface area contributed by atoms with Crippen LogP contribution in [0.4, 0.5) is 0 Å². The van der Waals surface area contributed by atoms with E-state index in [1.54, 1.807) is 0 Å². The monoisotopic (exact) mass is 454 g/mol. The van der Waals surface area contributed by atoms with Gasteiger partial charge in [-0.2, -0.15) is 0 Å². The van der Waals surface area contributed by atoms with Crippen LogP contribution in [-0.2, 0) is 9.53 Å². The Balaban J connectivity index is 1.73. The van der Waals surface area contributed by atoms with E-state index in [9.17, 15) is 4.79 Å². The average molecular weight is 455 g/mol. The third-order valence-corrected chi connectivity index (χ3v) is 12.4. The number of carbonyl (C=O) groups is 1. The third-order valence-electron chi connectivity index (χ3n) is 12.4. The fourth-order valence-corrected chi connectivity index (χ4v) is 10.5.